The first-order chi connectivity index (χ1) is 5.68. The smallest absolute Gasteiger partial charge is 0.156 e. The summed E-state index contributed by atoms with van der Waals surface area (Å²) in [4.78, 5) is 8.57. The second-order valence-electron chi connectivity index (χ2n) is 3.14. The fourth-order valence-corrected chi connectivity index (χ4v) is 1.55. The summed E-state index contributed by atoms with van der Waals surface area (Å²) in [6, 6.07) is 0. The summed E-state index contributed by atoms with van der Waals surface area (Å²) < 4.78 is 0.676. The third-order valence-electron chi connectivity index (χ3n) is 2.05. The Kier molecular flexibility index (Phi) is 1.79. The molecule has 0 bridgehead atoms. The summed E-state index contributed by atoms with van der Waals surface area (Å²) in [7, 11) is 0. The molecule has 1 aliphatic carbocycles. The van der Waals surface area contributed by atoms with E-state index in [0.717, 1.165) is 11.4 Å². The average molecular weight is 228 g/mol. The van der Waals surface area contributed by atoms with E-state index in [0.29, 0.717) is 16.3 Å². The summed E-state index contributed by atoms with van der Waals surface area (Å²) in [6.45, 7) is 1.96. The Morgan fingerprint density at radius 3 is 2.67 bits per heavy atom. The molecule has 0 spiro atoms. The number of anilines is 1. The van der Waals surface area contributed by atoms with Gasteiger partial charge in [0, 0.05) is 5.92 Å². The topological polar surface area (TPSA) is 51.8 Å². The van der Waals surface area contributed by atoms with Crippen molar-refractivity contribution in [2.75, 3.05) is 5.73 Å². The van der Waals surface area contributed by atoms with E-state index in [9.17, 15) is 0 Å². The summed E-state index contributed by atoms with van der Waals surface area (Å²) in [6.07, 6.45) is 2.48. The molecule has 3 nitrogen and oxygen atoms in total. The first-order valence-corrected chi connectivity index (χ1v) is 4.77. The quantitative estimate of drug-likeness (QED) is 0.799. The van der Waals surface area contributed by atoms with Gasteiger partial charge in [0.2, 0.25) is 0 Å². The average Bonchev–Trinajstić information content (AvgIpc) is 2.79. The van der Waals surface area contributed by atoms with Crippen LogP contribution in [-0.2, 0) is 0 Å². The third-order valence-corrected chi connectivity index (χ3v) is 2.64. The van der Waals surface area contributed by atoms with Crippen LogP contribution in [0.15, 0.2) is 4.60 Å². The Balaban J connectivity index is 2.47. The SMILES string of the molecule is Cc1nc(N)c(Br)nc1C1CC1. The van der Waals surface area contributed by atoms with Crippen molar-refractivity contribution in [1.29, 1.82) is 0 Å². The van der Waals surface area contributed by atoms with Gasteiger partial charge in [-0.1, -0.05) is 0 Å². The highest BCUT2D eigenvalue weighted by Crippen LogP contribution is 2.40. The monoisotopic (exact) mass is 227 g/mol. The van der Waals surface area contributed by atoms with Crippen molar-refractivity contribution in [2.45, 2.75) is 25.7 Å². The largest absolute Gasteiger partial charge is 0.381 e. The van der Waals surface area contributed by atoms with E-state index in [1.807, 2.05) is 6.92 Å². The van der Waals surface area contributed by atoms with Gasteiger partial charge in [-0.25, -0.2) is 9.97 Å². The van der Waals surface area contributed by atoms with Crippen LogP contribution in [0.2, 0.25) is 0 Å². The fourth-order valence-electron chi connectivity index (χ4n) is 1.27. The summed E-state index contributed by atoms with van der Waals surface area (Å²) >= 11 is 3.28. The molecule has 1 aliphatic rings. The third kappa shape index (κ3) is 1.31. The Bertz CT molecular complexity index is 320. The van der Waals surface area contributed by atoms with Gasteiger partial charge in [-0.2, -0.15) is 0 Å². The molecule has 0 aliphatic heterocycles. The molecule has 64 valence electrons. The predicted octanol–water partition coefficient (Wildman–Crippen LogP) is 2.01. The molecule has 2 rings (SSSR count). The lowest BCUT2D eigenvalue weighted by atomic mass is 10.2. The number of hydrogen-bond donors (Lipinski definition) is 1. The second kappa shape index (κ2) is 2.69. The number of nitrogens with zero attached hydrogens (tertiary/aromatic N) is 2. The van der Waals surface area contributed by atoms with Gasteiger partial charge in [0.1, 0.15) is 4.60 Å². The maximum Gasteiger partial charge on any atom is 0.156 e. The highest BCUT2D eigenvalue weighted by atomic mass is 79.9. The zero-order valence-electron chi connectivity index (χ0n) is 6.84. The number of nitrogen functional groups attached to an aromatic ring is 1. The van der Waals surface area contributed by atoms with Crippen molar-refractivity contribution in [3.63, 3.8) is 0 Å². The van der Waals surface area contributed by atoms with Gasteiger partial charge in [-0.3, -0.25) is 0 Å². The number of halogens is 1. The molecule has 0 aromatic carbocycles. The molecule has 1 fully saturated rings. The molecule has 0 radical (unpaired) electrons. The molecule has 12 heavy (non-hydrogen) atoms. The first-order valence-electron chi connectivity index (χ1n) is 3.98. The van der Waals surface area contributed by atoms with Crippen LogP contribution in [0, 0.1) is 6.92 Å². The summed E-state index contributed by atoms with van der Waals surface area (Å²) in [5.41, 5.74) is 7.67. The van der Waals surface area contributed by atoms with Gasteiger partial charge in [0.05, 0.1) is 11.4 Å². The number of nitrogens with two attached hydrogens (primary N) is 1. The second-order valence-corrected chi connectivity index (χ2v) is 3.90. The lowest BCUT2D eigenvalue weighted by molar-refractivity contribution is 0.939. The molecule has 1 saturated carbocycles. The van der Waals surface area contributed by atoms with Gasteiger partial charge >= 0.3 is 0 Å². The Morgan fingerprint density at radius 2 is 2.08 bits per heavy atom. The lowest BCUT2D eigenvalue weighted by Gasteiger charge is -2.04. The van der Waals surface area contributed by atoms with Crippen molar-refractivity contribution in [1.82, 2.24) is 9.97 Å². The number of aryl methyl sites for hydroxylation is 1. The molecule has 1 aromatic rings. The standard InChI is InChI=1S/C8H10BrN3/c1-4-6(5-2-3-5)12-7(9)8(10)11-4/h5H,2-3H2,1H3,(H2,10,11). The van der Waals surface area contributed by atoms with Crippen LogP contribution in [0.3, 0.4) is 0 Å². The Labute approximate surface area is 79.5 Å². The van der Waals surface area contributed by atoms with E-state index in [1.165, 1.54) is 12.8 Å². The zero-order chi connectivity index (χ0) is 8.72. The maximum absolute atomic E-state index is 5.59. The number of aromatic nitrogens is 2. The van der Waals surface area contributed by atoms with Crippen LogP contribution in [0.1, 0.15) is 30.1 Å². The Hall–Kier alpha value is -0.640. The highest BCUT2D eigenvalue weighted by molar-refractivity contribution is 9.10. The van der Waals surface area contributed by atoms with Gasteiger partial charge in [-0.15, -0.1) is 0 Å². The zero-order valence-corrected chi connectivity index (χ0v) is 8.43. The van der Waals surface area contributed by atoms with Crippen molar-refractivity contribution in [3.8, 4) is 0 Å². The number of hydrogen-bond acceptors (Lipinski definition) is 3. The van der Waals surface area contributed by atoms with Gasteiger partial charge in [-0.05, 0) is 35.7 Å². The van der Waals surface area contributed by atoms with E-state index >= 15 is 0 Å². The molecule has 2 N–H and O–H groups in total. The van der Waals surface area contributed by atoms with Crippen LogP contribution >= 0.6 is 15.9 Å². The molecule has 0 unspecified atom stereocenters. The van der Waals surface area contributed by atoms with Crippen LogP contribution in [-0.4, -0.2) is 9.97 Å². The normalized spacial score (nSPS) is 16.5. The lowest BCUT2D eigenvalue weighted by Crippen LogP contribution is -2.01. The van der Waals surface area contributed by atoms with Crippen LogP contribution in [0.5, 0.6) is 0 Å². The molecule has 4 heteroatoms. The van der Waals surface area contributed by atoms with E-state index < -0.39 is 0 Å². The van der Waals surface area contributed by atoms with E-state index in [4.69, 9.17) is 5.73 Å². The van der Waals surface area contributed by atoms with Gasteiger partial charge < -0.3 is 5.73 Å². The number of rotatable bonds is 1. The fraction of sp³-hybridized carbons (Fsp3) is 0.500. The molecular weight excluding hydrogens is 218 g/mol. The van der Waals surface area contributed by atoms with E-state index in [1.54, 1.807) is 0 Å². The van der Waals surface area contributed by atoms with Gasteiger partial charge in [0.15, 0.2) is 5.82 Å². The van der Waals surface area contributed by atoms with Crippen molar-refractivity contribution in [3.05, 3.63) is 16.0 Å². The van der Waals surface area contributed by atoms with Gasteiger partial charge in [0.25, 0.3) is 0 Å². The molecule has 0 saturated heterocycles. The van der Waals surface area contributed by atoms with Crippen LogP contribution in [0.4, 0.5) is 5.82 Å². The molecular formula is C8H10BrN3. The molecule has 0 atom stereocenters. The first kappa shape index (κ1) is 7.98. The minimum Gasteiger partial charge on any atom is -0.381 e. The highest BCUT2D eigenvalue weighted by Gasteiger charge is 2.27. The van der Waals surface area contributed by atoms with Crippen molar-refractivity contribution < 1.29 is 0 Å². The van der Waals surface area contributed by atoms with E-state index in [-0.39, 0.29) is 0 Å². The summed E-state index contributed by atoms with van der Waals surface area (Å²) in [5, 5.41) is 0. The molecule has 1 aromatic heterocycles. The van der Waals surface area contributed by atoms with Crippen LogP contribution < -0.4 is 5.73 Å². The van der Waals surface area contributed by atoms with Crippen LogP contribution in [0.25, 0.3) is 0 Å². The van der Waals surface area contributed by atoms with E-state index in [2.05, 4.69) is 25.9 Å². The molecule has 1 heterocycles. The summed E-state index contributed by atoms with van der Waals surface area (Å²) in [5.74, 6) is 1.12. The minimum absolute atomic E-state index is 0.483. The van der Waals surface area contributed by atoms with Crippen molar-refractivity contribution >= 4 is 21.7 Å². The van der Waals surface area contributed by atoms with Crippen molar-refractivity contribution in [2.24, 2.45) is 0 Å². The maximum atomic E-state index is 5.59. The molecule has 0 amide bonds. The minimum atomic E-state index is 0.483. The Morgan fingerprint density at radius 1 is 1.42 bits per heavy atom. The predicted molar refractivity (Wildman–Crippen MR) is 50.9 cm³/mol.